The Morgan fingerprint density at radius 3 is 2.47 bits per heavy atom. The van der Waals surface area contributed by atoms with Gasteiger partial charge in [-0.1, -0.05) is 35.9 Å². The maximum absolute atomic E-state index is 13.3. The third kappa shape index (κ3) is 5.27. The molecule has 172 valence electrons. The summed E-state index contributed by atoms with van der Waals surface area (Å²) >= 11 is 5.92. The number of hydrogen-bond acceptors (Lipinski definition) is 4. The summed E-state index contributed by atoms with van der Waals surface area (Å²) in [7, 11) is 1.56. The van der Waals surface area contributed by atoms with E-state index in [4.69, 9.17) is 16.3 Å². The van der Waals surface area contributed by atoms with Crippen molar-refractivity contribution in [1.29, 1.82) is 0 Å². The van der Waals surface area contributed by atoms with Crippen LogP contribution in [0.5, 0.6) is 5.75 Å². The van der Waals surface area contributed by atoms with Crippen LogP contribution in [-0.2, 0) is 14.4 Å². The Labute approximate surface area is 202 Å². The van der Waals surface area contributed by atoms with E-state index in [0.717, 1.165) is 5.56 Å². The van der Waals surface area contributed by atoms with Crippen LogP contribution in [0.1, 0.15) is 12.0 Å². The van der Waals surface area contributed by atoms with Crippen LogP contribution in [0.15, 0.2) is 78.9 Å². The highest BCUT2D eigenvalue weighted by Gasteiger charge is 2.37. The Balaban J connectivity index is 1.57. The first-order valence-electron chi connectivity index (χ1n) is 10.6. The molecule has 0 bridgehead atoms. The zero-order valence-electron chi connectivity index (χ0n) is 18.3. The van der Waals surface area contributed by atoms with Crippen molar-refractivity contribution in [3.8, 4) is 5.75 Å². The number of ether oxygens (including phenoxy) is 1. The first kappa shape index (κ1) is 23.1. The second-order valence-electron chi connectivity index (χ2n) is 7.60. The molecule has 0 fully saturated rings. The van der Waals surface area contributed by atoms with E-state index in [-0.39, 0.29) is 6.42 Å². The average molecular weight is 476 g/mol. The molecule has 2 N–H and O–H groups in total. The van der Waals surface area contributed by atoms with Gasteiger partial charge < -0.3 is 15.4 Å². The predicted octanol–water partition coefficient (Wildman–Crippen LogP) is 4.74. The fraction of sp³-hybridized carbons (Fsp3) is 0.115. The van der Waals surface area contributed by atoms with E-state index in [2.05, 4.69) is 10.6 Å². The van der Waals surface area contributed by atoms with Gasteiger partial charge in [0.2, 0.25) is 11.8 Å². The van der Waals surface area contributed by atoms with Crippen LogP contribution in [0.2, 0.25) is 5.02 Å². The molecular formula is C26H22ClN3O4. The number of hydrogen-bond donors (Lipinski definition) is 2. The number of nitrogens with one attached hydrogen (secondary N) is 2. The van der Waals surface area contributed by atoms with Crippen molar-refractivity contribution in [2.45, 2.75) is 12.5 Å². The molecular weight excluding hydrogens is 454 g/mol. The smallest absolute Gasteiger partial charge is 0.251 e. The lowest BCUT2D eigenvalue weighted by Gasteiger charge is -2.35. The number of carbonyl (C=O) groups is 3. The quantitative estimate of drug-likeness (QED) is 0.504. The molecule has 0 aliphatic carbocycles. The summed E-state index contributed by atoms with van der Waals surface area (Å²) < 4.78 is 5.12. The van der Waals surface area contributed by atoms with E-state index in [1.165, 1.54) is 11.0 Å². The van der Waals surface area contributed by atoms with Crippen molar-refractivity contribution in [1.82, 2.24) is 0 Å². The van der Waals surface area contributed by atoms with Crippen LogP contribution in [0, 0.1) is 0 Å². The van der Waals surface area contributed by atoms with Crippen LogP contribution in [0.3, 0.4) is 0 Å². The highest BCUT2D eigenvalue weighted by Crippen LogP contribution is 2.33. The molecule has 7 nitrogen and oxygen atoms in total. The first-order valence-corrected chi connectivity index (χ1v) is 10.9. The van der Waals surface area contributed by atoms with Crippen LogP contribution >= 0.6 is 11.6 Å². The summed E-state index contributed by atoms with van der Waals surface area (Å²) in [6, 6.07) is 19.8. The SMILES string of the molecule is COc1ccc(NC(=O)C[C@H]2C(=O)Nc3ccccc3N2C(=O)/C=C/c2ccc(Cl)cc2)cc1. The topological polar surface area (TPSA) is 87.7 Å². The first-order chi connectivity index (χ1) is 16.4. The maximum Gasteiger partial charge on any atom is 0.251 e. The van der Waals surface area contributed by atoms with Gasteiger partial charge in [0, 0.05) is 16.8 Å². The number of fused-ring (bicyclic) bond motifs is 1. The van der Waals surface area contributed by atoms with Crippen molar-refractivity contribution in [3.05, 3.63) is 89.5 Å². The van der Waals surface area contributed by atoms with Crippen molar-refractivity contribution in [3.63, 3.8) is 0 Å². The molecule has 0 unspecified atom stereocenters. The zero-order valence-corrected chi connectivity index (χ0v) is 19.1. The third-order valence-electron chi connectivity index (χ3n) is 5.31. The van der Waals surface area contributed by atoms with Crippen molar-refractivity contribution < 1.29 is 19.1 Å². The van der Waals surface area contributed by atoms with Crippen molar-refractivity contribution >= 4 is 52.5 Å². The molecule has 3 amide bonds. The molecule has 1 atom stereocenters. The average Bonchev–Trinajstić information content (AvgIpc) is 2.84. The fourth-order valence-electron chi connectivity index (χ4n) is 3.63. The number of methoxy groups -OCH3 is 1. The van der Waals surface area contributed by atoms with Gasteiger partial charge in [-0.25, -0.2) is 0 Å². The lowest BCUT2D eigenvalue weighted by Crippen LogP contribution is -2.52. The van der Waals surface area contributed by atoms with Crippen LogP contribution in [0.4, 0.5) is 17.1 Å². The number of halogens is 1. The minimum absolute atomic E-state index is 0.216. The van der Waals surface area contributed by atoms with Crippen LogP contribution < -0.4 is 20.3 Å². The molecule has 0 saturated carbocycles. The second kappa shape index (κ2) is 10.2. The standard InChI is InChI=1S/C26H22ClN3O4/c1-34-20-13-11-19(12-14-20)28-24(31)16-23-26(33)29-21-4-2-3-5-22(21)30(23)25(32)15-8-17-6-9-18(27)10-7-17/h2-15,23H,16H2,1H3,(H,28,31)(H,29,33)/b15-8+/t23-/m0/s1. The minimum Gasteiger partial charge on any atom is -0.497 e. The predicted molar refractivity (Wildman–Crippen MR) is 133 cm³/mol. The number of carbonyl (C=O) groups excluding carboxylic acids is 3. The third-order valence-corrected chi connectivity index (χ3v) is 5.57. The molecule has 0 radical (unpaired) electrons. The Kier molecular flexibility index (Phi) is 6.94. The monoisotopic (exact) mass is 475 g/mol. The molecule has 3 aromatic rings. The number of para-hydroxylation sites is 2. The molecule has 4 rings (SSSR count). The van der Waals surface area contributed by atoms with Crippen LogP contribution in [-0.4, -0.2) is 30.9 Å². The van der Waals surface area contributed by atoms with E-state index in [0.29, 0.717) is 27.8 Å². The fourth-order valence-corrected chi connectivity index (χ4v) is 3.76. The van der Waals surface area contributed by atoms with Gasteiger partial charge in [-0.15, -0.1) is 0 Å². The lowest BCUT2D eigenvalue weighted by molar-refractivity contribution is -0.124. The number of nitrogens with zero attached hydrogens (tertiary/aromatic N) is 1. The number of rotatable bonds is 6. The van der Waals surface area contributed by atoms with E-state index >= 15 is 0 Å². The van der Waals surface area contributed by atoms with Gasteiger partial charge in [0.05, 0.1) is 24.9 Å². The molecule has 1 heterocycles. The Morgan fingerprint density at radius 1 is 1.06 bits per heavy atom. The van der Waals surface area contributed by atoms with Gasteiger partial charge in [-0.05, 0) is 60.2 Å². The summed E-state index contributed by atoms with van der Waals surface area (Å²) in [6.45, 7) is 0. The summed E-state index contributed by atoms with van der Waals surface area (Å²) in [5, 5.41) is 6.15. The Hall–Kier alpha value is -4.10. The van der Waals surface area contributed by atoms with Crippen molar-refractivity contribution in [2.24, 2.45) is 0 Å². The molecule has 3 aromatic carbocycles. The van der Waals surface area contributed by atoms with Gasteiger partial charge >= 0.3 is 0 Å². The normalized spacial score (nSPS) is 14.9. The molecule has 1 aliphatic heterocycles. The number of amides is 3. The Morgan fingerprint density at radius 2 is 1.76 bits per heavy atom. The van der Waals surface area contributed by atoms with E-state index in [1.807, 2.05) is 0 Å². The van der Waals surface area contributed by atoms with Gasteiger partial charge in [-0.2, -0.15) is 0 Å². The van der Waals surface area contributed by atoms with E-state index < -0.39 is 23.8 Å². The highest BCUT2D eigenvalue weighted by atomic mass is 35.5. The molecule has 0 spiro atoms. The summed E-state index contributed by atoms with van der Waals surface area (Å²) in [5.74, 6) is -0.592. The number of anilines is 3. The summed E-state index contributed by atoms with van der Waals surface area (Å²) in [6.07, 6.45) is 2.81. The molecule has 0 aromatic heterocycles. The maximum atomic E-state index is 13.3. The molecule has 0 saturated heterocycles. The molecule has 1 aliphatic rings. The molecule has 8 heteroatoms. The van der Waals surface area contributed by atoms with Crippen LogP contribution in [0.25, 0.3) is 6.08 Å². The van der Waals surface area contributed by atoms with Gasteiger partial charge in [0.25, 0.3) is 5.91 Å². The molecule has 34 heavy (non-hydrogen) atoms. The lowest BCUT2D eigenvalue weighted by atomic mass is 10.0. The van der Waals surface area contributed by atoms with Gasteiger partial charge in [0.1, 0.15) is 11.8 Å². The van der Waals surface area contributed by atoms with Crippen molar-refractivity contribution in [2.75, 3.05) is 22.6 Å². The van der Waals surface area contributed by atoms with E-state index in [9.17, 15) is 14.4 Å². The number of benzene rings is 3. The largest absolute Gasteiger partial charge is 0.497 e. The van der Waals surface area contributed by atoms with Gasteiger partial charge in [-0.3, -0.25) is 19.3 Å². The summed E-state index contributed by atoms with van der Waals surface area (Å²) in [5.41, 5.74) is 2.37. The second-order valence-corrected chi connectivity index (χ2v) is 8.03. The summed E-state index contributed by atoms with van der Waals surface area (Å²) in [4.78, 5) is 40.3. The zero-order chi connectivity index (χ0) is 24.1. The van der Waals surface area contributed by atoms with E-state index in [1.54, 1.807) is 86.0 Å². The highest BCUT2D eigenvalue weighted by molar-refractivity contribution is 6.30. The minimum atomic E-state index is -1.02. The Bertz CT molecular complexity index is 1240. The van der Waals surface area contributed by atoms with Gasteiger partial charge in [0.15, 0.2) is 0 Å².